The maximum Gasteiger partial charge on any atom is 0.253 e. The lowest BCUT2D eigenvalue weighted by Gasteiger charge is -2.37. The van der Waals surface area contributed by atoms with Crippen LogP contribution in [0.25, 0.3) is 0 Å². The van der Waals surface area contributed by atoms with Crippen LogP contribution in [0.2, 0.25) is 0 Å². The molecule has 1 amide bonds. The number of carbonyl (C=O) groups is 1. The molecule has 1 heterocycles. The molecule has 0 radical (unpaired) electrons. The van der Waals surface area contributed by atoms with Gasteiger partial charge in [-0.15, -0.1) is 0 Å². The second kappa shape index (κ2) is 6.33. The maximum absolute atomic E-state index is 12.5. The second-order valence-electron chi connectivity index (χ2n) is 6.03. The summed E-state index contributed by atoms with van der Waals surface area (Å²) in [4.78, 5) is 14.5. The number of piperidine rings is 1. The van der Waals surface area contributed by atoms with Gasteiger partial charge in [0.25, 0.3) is 5.91 Å². The largest absolute Gasteiger partial charge is 0.493 e. The Morgan fingerprint density at radius 3 is 2.60 bits per heavy atom. The van der Waals surface area contributed by atoms with Crippen molar-refractivity contribution in [1.29, 1.82) is 0 Å². The van der Waals surface area contributed by atoms with Crippen LogP contribution in [0, 0.1) is 8.99 Å². The molecule has 0 atom stereocenters. The van der Waals surface area contributed by atoms with Crippen molar-refractivity contribution in [3.63, 3.8) is 0 Å². The van der Waals surface area contributed by atoms with Gasteiger partial charge < -0.3 is 9.64 Å². The van der Waals surface area contributed by atoms with E-state index in [1.807, 2.05) is 30.0 Å². The van der Waals surface area contributed by atoms with Crippen LogP contribution in [0.5, 0.6) is 5.75 Å². The summed E-state index contributed by atoms with van der Waals surface area (Å²) in [5, 5.41) is 0. The van der Waals surface area contributed by atoms with E-state index in [2.05, 4.69) is 36.4 Å². The highest BCUT2D eigenvalue weighted by atomic mass is 127. The molecular weight excluding hydrogens is 365 g/mol. The molecule has 0 saturated carbocycles. The Morgan fingerprint density at radius 1 is 1.35 bits per heavy atom. The molecule has 1 aromatic carbocycles. The Labute approximate surface area is 134 Å². The molecule has 110 valence electrons. The van der Waals surface area contributed by atoms with Gasteiger partial charge in [-0.05, 0) is 66.0 Å². The molecule has 1 aliphatic heterocycles. The standard InChI is InChI=1S/C16H22INO2/c1-4-20-14-11-12(5-6-13(14)17)15(19)18-9-7-16(2,3)8-10-18/h5-6,11H,4,7-10H2,1-3H3. The second-order valence-corrected chi connectivity index (χ2v) is 7.20. The van der Waals surface area contributed by atoms with E-state index in [9.17, 15) is 4.79 Å². The molecule has 1 saturated heterocycles. The van der Waals surface area contributed by atoms with Crippen LogP contribution in [0.3, 0.4) is 0 Å². The van der Waals surface area contributed by atoms with Crippen LogP contribution in [0.1, 0.15) is 44.0 Å². The summed E-state index contributed by atoms with van der Waals surface area (Å²) in [5.41, 5.74) is 1.09. The summed E-state index contributed by atoms with van der Waals surface area (Å²) in [7, 11) is 0. The number of hydrogen-bond acceptors (Lipinski definition) is 2. The van der Waals surface area contributed by atoms with Crippen LogP contribution >= 0.6 is 22.6 Å². The SMILES string of the molecule is CCOc1cc(C(=O)N2CCC(C)(C)CC2)ccc1I. The van der Waals surface area contributed by atoms with Gasteiger partial charge in [-0.25, -0.2) is 0 Å². The molecule has 0 unspecified atom stereocenters. The summed E-state index contributed by atoms with van der Waals surface area (Å²) >= 11 is 2.23. The minimum atomic E-state index is 0.123. The summed E-state index contributed by atoms with van der Waals surface area (Å²) < 4.78 is 6.61. The quantitative estimate of drug-likeness (QED) is 0.736. The van der Waals surface area contributed by atoms with Crippen molar-refractivity contribution >= 4 is 28.5 Å². The number of nitrogens with zero attached hydrogens (tertiary/aromatic N) is 1. The summed E-state index contributed by atoms with van der Waals surface area (Å²) in [6.45, 7) is 8.81. The fourth-order valence-corrected chi connectivity index (χ4v) is 2.89. The number of carbonyl (C=O) groups excluding carboxylic acids is 1. The van der Waals surface area contributed by atoms with Gasteiger partial charge in [0, 0.05) is 18.7 Å². The minimum Gasteiger partial charge on any atom is -0.493 e. The maximum atomic E-state index is 12.5. The van der Waals surface area contributed by atoms with E-state index in [1.165, 1.54) is 0 Å². The smallest absolute Gasteiger partial charge is 0.253 e. The number of benzene rings is 1. The first-order valence-corrected chi connectivity index (χ1v) is 8.22. The third kappa shape index (κ3) is 3.65. The van der Waals surface area contributed by atoms with Crippen molar-refractivity contribution in [2.45, 2.75) is 33.6 Å². The summed E-state index contributed by atoms with van der Waals surface area (Å²) in [5.74, 6) is 0.925. The number of amides is 1. The van der Waals surface area contributed by atoms with Gasteiger partial charge in [0.15, 0.2) is 0 Å². The van der Waals surface area contributed by atoms with Gasteiger partial charge in [0.1, 0.15) is 5.75 Å². The molecule has 1 aromatic rings. The zero-order valence-corrected chi connectivity index (χ0v) is 14.6. The number of halogens is 1. The lowest BCUT2D eigenvalue weighted by atomic mass is 9.82. The van der Waals surface area contributed by atoms with Crippen LogP contribution in [-0.2, 0) is 0 Å². The predicted molar refractivity (Wildman–Crippen MR) is 89.2 cm³/mol. The molecule has 0 bridgehead atoms. The fourth-order valence-electron chi connectivity index (χ4n) is 2.40. The van der Waals surface area contributed by atoms with E-state index in [4.69, 9.17) is 4.74 Å². The Bertz CT molecular complexity index is 489. The van der Waals surface area contributed by atoms with Crippen LogP contribution in [-0.4, -0.2) is 30.5 Å². The Balaban J connectivity index is 2.11. The molecule has 0 spiro atoms. The first kappa shape index (κ1) is 15.6. The van der Waals surface area contributed by atoms with Crippen molar-refractivity contribution in [1.82, 2.24) is 4.90 Å². The molecule has 2 rings (SSSR count). The normalized spacial score (nSPS) is 17.9. The van der Waals surface area contributed by atoms with E-state index >= 15 is 0 Å². The van der Waals surface area contributed by atoms with Gasteiger partial charge in [0.05, 0.1) is 10.2 Å². The van der Waals surface area contributed by atoms with Crippen molar-refractivity contribution in [2.24, 2.45) is 5.41 Å². The number of ether oxygens (including phenoxy) is 1. The van der Waals surface area contributed by atoms with Gasteiger partial charge in [-0.1, -0.05) is 13.8 Å². The van der Waals surface area contributed by atoms with E-state index < -0.39 is 0 Å². The highest BCUT2D eigenvalue weighted by molar-refractivity contribution is 14.1. The molecule has 20 heavy (non-hydrogen) atoms. The Hall–Kier alpha value is -0.780. The van der Waals surface area contributed by atoms with E-state index in [-0.39, 0.29) is 5.91 Å². The highest BCUT2D eigenvalue weighted by Gasteiger charge is 2.28. The van der Waals surface area contributed by atoms with Gasteiger partial charge in [0.2, 0.25) is 0 Å². The van der Waals surface area contributed by atoms with Crippen molar-refractivity contribution in [3.8, 4) is 5.75 Å². The Morgan fingerprint density at radius 2 is 2.00 bits per heavy atom. The zero-order chi connectivity index (χ0) is 14.8. The Kier molecular flexibility index (Phi) is 4.94. The number of hydrogen-bond donors (Lipinski definition) is 0. The zero-order valence-electron chi connectivity index (χ0n) is 12.4. The molecule has 4 heteroatoms. The first-order valence-electron chi connectivity index (χ1n) is 7.14. The lowest BCUT2D eigenvalue weighted by Crippen LogP contribution is -2.41. The molecule has 1 fully saturated rings. The van der Waals surface area contributed by atoms with Crippen molar-refractivity contribution < 1.29 is 9.53 Å². The van der Waals surface area contributed by atoms with Crippen LogP contribution in [0.15, 0.2) is 18.2 Å². The minimum absolute atomic E-state index is 0.123. The van der Waals surface area contributed by atoms with Crippen molar-refractivity contribution in [3.05, 3.63) is 27.3 Å². The van der Waals surface area contributed by atoms with Crippen molar-refractivity contribution in [2.75, 3.05) is 19.7 Å². The average Bonchev–Trinajstić information content (AvgIpc) is 2.41. The van der Waals surface area contributed by atoms with Crippen LogP contribution < -0.4 is 4.74 Å². The molecule has 0 aliphatic carbocycles. The topological polar surface area (TPSA) is 29.5 Å². The molecular formula is C16H22INO2. The van der Waals surface area contributed by atoms with E-state index in [0.717, 1.165) is 40.8 Å². The van der Waals surface area contributed by atoms with Crippen LogP contribution in [0.4, 0.5) is 0 Å². The molecule has 3 nitrogen and oxygen atoms in total. The average molecular weight is 387 g/mol. The summed E-state index contributed by atoms with van der Waals surface area (Å²) in [6, 6.07) is 5.71. The molecule has 1 aliphatic rings. The number of likely N-dealkylation sites (tertiary alicyclic amines) is 1. The lowest BCUT2D eigenvalue weighted by molar-refractivity contribution is 0.0630. The third-order valence-electron chi connectivity index (χ3n) is 3.88. The first-order chi connectivity index (χ1) is 9.43. The van der Waals surface area contributed by atoms with Gasteiger partial charge in [-0.3, -0.25) is 4.79 Å². The molecule has 0 aromatic heterocycles. The van der Waals surface area contributed by atoms with Gasteiger partial charge in [-0.2, -0.15) is 0 Å². The third-order valence-corrected chi connectivity index (χ3v) is 4.77. The summed E-state index contributed by atoms with van der Waals surface area (Å²) in [6.07, 6.45) is 2.14. The van der Waals surface area contributed by atoms with Gasteiger partial charge >= 0.3 is 0 Å². The predicted octanol–water partition coefficient (Wildman–Crippen LogP) is 3.95. The fraction of sp³-hybridized carbons (Fsp3) is 0.562. The number of rotatable bonds is 3. The van der Waals surface area contributed by atoms with E-state index in [1.54, 1.807) is 0 Å². The molecule has 0 N–H and O–H groups in total. The van der Waals surface area contributed by atoms with E-state index in [0.29, 0.717) is 12.0 Å². The monoisotopic (exact) mass is 387 g/mol. The highest BCUT2D eigenvalue weighted by Crippen LogP contribution is 2.31.